The normalized spacial score (nSPS) is 24.0. The molecular formula is C18H28N4O2. The molecule has 2 saturated heterocycles. The summed E-state index contributed by atoms with van der Waals surface area (Å²) in [7, 11) is 0. The van der Waals surface area contributed by atoms with Crippen LogP contribution in [0.5, 0.6) is 0 Å². The van der Waals surface area contributed by atoms with Gasteiger partial charge in [-0.3, -0.25) is 19.6 Å². The van der Waals surface area contributed by atoms with Crippen LogP contribution in [-0.2, 0) is 9.53 Å². The molecule has 2 atom stereocenters. The largest absolute Gasteiger partial charge is 0.376 e. The predicted molar refractivity (Wildman–Crippen MR) is 92.6 cm³/mol. The fraction of sp³-hybridized carbons (Fsp3) is 0.667. The van der Waals surface area contributed by atoms with Crippen molar-refractivity contribution in [3.05, 3.63) is 30.1 Å². The van der Waals surface area contributed by atoms with Gasteiger partial charge in [0.2, 0.25) is 5.91 Å². The second-order valence-electron chi connectivity index (χ2n) is 6.71. The third kappa shape index (κ3) is 4.75. The molecule has 2 aliphatic rings. The number of amides is 1. The van der Waals surface area contributed by atoms with E-state index in [0.29, 0.717) is 19.1 Å². The molecule has 24 heavy (non-hydrogen) atoms. The van der Waals surface area contributed by atoms with Gasteiger partial charge in [0.25, 0.3) is 0 Å². The third-order valence-corrected chi connectivity index (χ3v) is 5.04. The molecule has 3 rings (SSSR count). The lowest BCUT2D eigenvalue weighted by molar-refractivity contribution is -0.123. The van der Waals surface area contributed by atoms with Gasteiger partial charge in [0.15, 0.2) is 0 Å². The lowest BCUT2D eigenvalue weighted by Gasteiger charge is -2.37. The molecule has 6 heteroatoms. The Morgan fingerprint density at radius 1 is 1.42 bits per heavy atom. The topological polar surface area (TPSA) is 57.7 Å². The van der Waals surface area contributed by atoms with Crippen LogP contribution in [0.2, 0.25) is 0 Å². The molecule has 0 bridgehead atoms. The first-order chi connectivity index (χ1) is 11.7. The molecule has 0 spiro atoms. The average molecular weight is 332 g/mol. The zero-order valence-electron chi connectivity index (χ0n) is 14.5. The molecule has 0 unspecified atom stereocenters. The molecule has 0 radical (unpaired) electrons. The standard InChI is InChI=1S/C18H28N4O2/c1-15(16-4-2-6-19-12-16)22-9-7-21(8-10-22)14-18(23)20-13-17-5-3-11-24-17/h2,4,6,12,15,17H,3,5,7-11,13-14H2,1H3,(H,20,23)/t15-,17+/m0/s1. The Morgan fingerprint density at radius 2 is 2.25 bits per heavy atom. The van der Waals surface area contributed by atoms with E-state index in [0.717, 1.165) is 45.6 Å². The molecule has 132 valence electrons. The molecule has 0 saturated carbocycles. The van der Waals surface area contributed by atoms with Crippen LogP contribution in [-0.4, -0.2) is 72.7 Å². The van der Waals surface area contributed by atoms with Crippen LogP contribution in [0.1, 0.15) is 31.4 Å². The Kier molecular flexibility index (Phi) is 6.18. The number of hydrogen-bond acceptors (Lipinski definition) is 5. The van der Waals surface area contributed by atoms with Gasteiger partial charge in [-0.15, -0.1) is 0 Å². The van der Waals surface area contributed by atoms with Crippen LogP contribution in [0.25, 0.3) is 0 Å². The van der Waals surface area contributed by atoms with Gasteiger partial charge in [-0.05, 0) is 31.4 Å². The van der Waals surface area contributed by atoms with E-state index in [4.69, 9.17) is 4.74 Å². The summed E-state index contributed by atoms with van der Waals surface area (Å²) < 4.78 is 5.54. The van der Waals surface area contributed by atoms with Crippen molar-refractivity contribution in [3.8, 4) is 0 Å². The van der Waals surface area contributed by atoms with Gasteiger partial charge < -0.3 is 10.1 Å². The third-order valence-electron chi connectivity index (χ3n) is 5.04. The molecule has 1 aromatic rings. The van der Waals surface area contributed by atoms with Crippen LogP contribution in [0.3, 0.4) is 0 Å². The van der Waals surface area contributed by atoms with Gasteiger partial charge in [-0.25, -0.2) is 0 Å². The summed E-state index contributed by atoms with van der Waals surface area (Å²) in [5.74, 6) is 0.110. The van der Waals surface area contributed by atoms with E-state index in [1.54, 1.807) is 0 Å². The second kappa shape index (κ2) is 8.55. The average Bonchev–Trinajstić information content (AvgIpc) is 3.14. The quantitative estimate of drug-likeness (QED) is 0.844. The number of aromatic nitrogens is 1. The lowest BCUT2D eigenvalue weighted by atomic mass is 10.1. The van der Waals surface area contributed by atoms with Crippen molar-refractivity contribution in [2.24, 2.45) is 0 Å². The van der Waals surface area contributed by atoms with Crippen LogP contribution in [0.15, 0.2) is 24.5 Å². The summed E-state index contributed by atoms with van der Waals surface area (Å²) in [5.41, 5.74) is 1.25. The van der Waals surface area contributed by atoms with Crippen LogP contribution < -0.4 is 5.32 Å². The van der Waals surface area contributed by atoms with Gasteiger partial charge in [0, 0.05) is 57.8 Å². The Morgan fingerprint density at radius 3 is 2.92 bits per heavy atom. The number of rotatable bonds is 6. The smallest absolute Gasteiger partial charge is 0.234 e. The monoisotopic (exact) mass is 332 g/mol. The number of pyridine rings is 1. The van der Waals surface area contributed by atoms with Gasteiger partial charge >= 0.3 is 0 Å². The number of hydrogen-bond donors (Lipinski definition) is 1. The number of piperazine rings is 1. The molecular weight excluding hydrogens is 304 g/mol. The summed E-state index contributed by atoms with van der Waals surface area (Å²) in [5, 5.41) is 3.00. The van der Waals surface area contributed by atoms with Crippen molar-refractivity contribution in [3.63, 3.8) is 0 Å². The van der Waals surface area contributed by atoms with Gasteiger partial charge in [0.05, 0.1) is 12.6 Å². The highest BCUT2D eigenvalue weighted by Gasteiger charge is 2.23. The minimum absolute atomic E-state index is 0.110. The number of carbonyl (C=O) groups excluding carboxylic acids is 1. The van der Waals surface area contributed by atoms with Crippen molar-refractivity contribution in [1.29, 1.82) is 0 Å². The summed E-state index contributed by atoms with van der Waals surface area (Å²) in [6.07, 6.45) is 6.13. The van der Waals surface area contributed by atoms with E-state index < -0.39 is 0 Å². The minimum atomic E-state index is 0.110. The molecule has 0 aliphatic carbocycles. The van der Waals surface area contributed by atoms with E-state index in [9.17, 15) is 4.79 Å². The molecule has 1 aromatic heterocycles. The fourth-order valence-electron chi connectivity index (χ4n) is 3.43. The van der Waals surface area contributed by atoms with Gasteiger partial charge in [-0.1, -0.05) is 6.07 Å². The highest BCUT2D eigenvalue weighted by Crippen LogP contribution is 2.20. The number of nitrogens with zero attached hydrogens (tertiary/aromatic N) is 3. The molecule has 1 amide bonds. The number of carbonyl (C=O) groups is 1. The van der Waals surface area contributed by atoms with Gasteiger partial charge in [0.1, 0.15) is 0 Å². The van der Waals surface area contributed by atoms with E-state index >= 15 is 0 Å². The summed E-state index contributed by atoms with van der Waals surface area (Å²) in [4.78, 5) is 21.0. The summed E-state index contributed by atoms with van der Waals surface area (Å²) >= 11 is 0. The maximum Gasteiger partial charge on any atom is 0.234 e. The first-order valence-corrected chi connectivity index (χ1v) is 8.97. The first-order valence-electron chi connectivity index (χ1n) is 8.97. The van der Waals surface area contributed by atoms with E-state index in [1.165, 1.54) is 5.56 Å². The Balaban J connectivity index is 1.37. The molecule has 2 aliphatic heterocycles. The molecule has 1 N–H and O–H groups in total. The van der Waals surface area contributed by atoms with E-state index in [-0.39, 0.29) is 12.0 Å². The summed E-state index contributed by atoms with van der Waals surface area (Å²) in [6, 6.07) is 4.48. The lowest BCUT2D eigenvalue weighted by Crippen LogP contribution is -2.50. The SMILES string of the molecule is C[C@@H](c1cccnc1)N1CCN(CC(=O)NC[C@H]2CCCO2)CC1. The maximum atomic E-state index is 12.1. The molecule has 6 nitrogen and oxygen atoms in total. The van der Waals surface area contributed by atoms with Crippen molar-refractivity contribution in [2.45, 2.75) is 31.9 Å². The van der Waals surface area contributed by atoms with Crippen LogP contribution in [0, 0.1) is 0 Å². The van der Waals surface area contributed by atoms with Crippen LogP contribution in [0.4, 0.5) is 0 Å². The molecule has 3 heterocycles. The molecule has 0 aromatic carbocycles. The van der Waals surface area contributed by atoms with Gasteiger partial charge in [-0.2, -0.15) is 0 Å². The number of nitrogens with one attached hydrogen (secondary N) is 1. The predicted octanol–water partition coefficient (Wildman–Crippen LogP) is 1.06. The van der Waals surface area contributed by atoms with Crippen molar-refractivity contribution < 1.29 is 9.53 Å². The zero-order valence-corrected chi connectivity index (χ0v) is 14.5. The second-order valence-corrected chi connectivity index (χ2v) is 6.71. The highest BCUT2D eigenvalue weighted by molar-refractivity contribution is 5.78. The Bertz CT molecular complexity index is 511. The first kappa shape index (κ1) is 17.3. The minimum Gasteiger partial charge on any atom is -0.376 e. The van der Waals surface area contributed by atoms with E-state index in [2.05, 4.69) is 33.1 Å². The highest BCUT2D eigenvalue weighted by atomic mass is 16.5. The van der Waals surface area contributed by atoms with Crippen molar-refractivity contribution in [2.75, 3.05) is 45.9 Å². The maximum absolute atomic E-state index is 12.1. The Hall–Kier alpha value is -1.50. The summed E-state index contributed by atoms with van der Waals surface area (Å²) in [6.45, 7) is 8.01. The Labute approximate surface area is 144 Å². The fourth-order valence-corrected chi connectivity index (χ4v) is 3.43. The van der Waals surface area contributed by atoms with E-state index in [1.807, 2.05) is 18.5 Å². The number of ether oxygens (including phenoxy) is 1. The van der Waals surface area contributed by atoms with Crippen molar-refractivity contribution >= 4 is 5.91 Å². The van der Waals surface area contributed by atoms with Crippen molar-refractivity contribution in [1.82, 2.24) is 20.1 Å². The molecule has 2 fully saturated rings. The van der Waals surface area contributed by atoms with Crippen LogP contribution >= 0.6 is 0 Å². The zero-order chi connectivity index (χ0) is 16.8.